The Morgan fingerprint density at radius 2 is 1.67 bits per heavy atom. The molecule has 1 fully saturated rings. The van der Waals surface area contributed by atoms with Gasteiger partial charge in [-0.05, 0) is 50.1 Å². The molecule has 2 aromatic rings. The van der Waals surface area contributed by atoms with Gasteiger partial charge in [0.25, 0.3) is 11.8 Å². The summed E-state index contributed by atoms with van der Waals surface area (Å²) in [5.74, 6) is -2.43. The second kappa shape index (κ2) is 9.31. The van der Waals surface area contributed by atoms with E-state index < -0.39 is 23.4 Å². The van der Waals surface area contributed by atoms with E-state index >= 15 is 0 Å². The van der Waals surface area contributed by atoms with Crippen LogP contribution in [-0.4, -0.2) is 48.6 Å². The molecule has 2 amide bonds. The van der Waals surface area contributed by atoms with E-state index in [0.29, 0.717) is 37.1 Å². The number of halogens is 2. The summed E-state index contributed by atoms with van der Waals surface area (Å²) in [6.07, 6.45) is 0.536. The SMILES string of the molecule is CCCOc1ccc(C2=C(N3CC(C)OC(C)C3)C(=O)N(c3ccc(F)cc3F)C2=O)cc1. The predicted octanol–water partition coefficient (Wildman–Crippen LogP) is 4.15. The Kier molecular flexibility index (Phi) is 6.47. The summed E-state index contributed by atoms with van der Waals surface area (Å²) in [4.78, 5) is 29.7. The summed E-state index contributed by atoms with van der Waals surface area (Å²) >= 11 is 0. The highest BCUT2D eigenvalue weighted by Crippen LogP contribution is 2.37. The molecule has 0 saturated carbocycles. The predicted molar refractivity (Wildman–Crippen MR) is 120 cm³/mol. The molecule has 6 nitrogen and oxygen atoms in total. The lowest BCUT2D eigenvalue weighted by atomic mass is 10.0. The maximum atomic E-state index is 14.6. The van der Waals surface area contributed by atoms with Gasteiger partial charge in [-0.2, -0.15) is 0 Å². The minimum atomic E-state index is -0.982. The van der Waals surface area contributed by atoms with Crippen LogP contribution in [0.25, 0.3) is 5.57 Å². The summed E-state index contributed by atoms with van der Waals surface area (Å²) in [6, 6.07) is 9.68. The average Bonchev–Trinajstić information content (AvgIpc) is 3.02. The molecule has 174 valence electrons. The molecular weight excluding hydrogens is 430 g/mol. The Labute approximate surface area is 191 Å². The molecule has 0 N–H and O–H groups in total. The second-order valence-electron chi connectivity index (χ2n) is 8.30. The van der Waals surface area contributed by atoms with Gasteiger partial charge in [-0.1, -0.05) is 19.1 Å². The molecular formula is C25H26F2N2O4. The van der Waals surface area contributed by atoms with Gasteiger partial charge in [0.05, 0.1) is 30.1 Å². The maximum Gasteiger partial charge on any atom is 0.282 e. The van der Waals surface area contributed by atoms with Gasteiger partial charge in [0.1, 0.15) is 23.1 Å². The van der Waals surface area contributed by atoms with E-state index in [1.807, 2.05) is 25.7 Å². The molecule has 4 rings (SSSR count). The molecule has 2 unspecified atom stereocenters. The Bertz CT molecular complexity index is 1090. The van der Waals surface area contributed by atoms with Crippen molar-refractivity contribution in [3.63, 3.8) is 0 Å². The van der Waals surface area contributed by atoms with Crippen LogP contribution in [0.5, 0.6) is 5.75 Å². The minimum absolute atomic E-state index is 0.160. The first-order valence-corrected chi connectivity index (χ1v) is 11.0. The van der Waals surface area contributed by atoms with Crippen LogP contribution in [0.2, 0.25) is 0 Å². The van der Waals surface area contributed by atoms with Crippen LogP contribution in [0.15, 0.2) is 48.2 Å². The molecule has 8 heteroatoms. The van der Waals surface area contributed by atoms with Crippen molar-refractivity contribution < 1.29 is 27.8 Å². The third kappa shape index (κ3) is 4.48. The highest BCUT2D eigenvalue weighted by molar-refractivity contribution is 6.45. The number of hydrogen-bond donors (Lipinski definition) is 0. The zero-order chi connectivity index (χ0) is 23.7. The Hall–Kier alpha value is -3.26. The van der Waals surface area contributed by atoms with Gasteiger partial charge >= 0.3 is 0 Å². The maximum absolute atomic E-state index is 14.6. The molecule has 0 aliphatic carbocycles. The van der Waals surface area contributed by atoms with Crippen LogP contribution in [0.3, 0.4) is 0 Å². The zero-order valence-electron chi connectivity index (χ0n) is 18.8. The average molecular weight is 456 g/mol. The first-order chi connectivity index (χ1) is 15.8. The van der Waals surface area contributed by atoms with Gasteiger partial charge in [-0.3, -0.25) is 9.59 Å². The van der Waals surface area contributed by atoms with Gasteiger partial charge in [0.2, 0.25) is 0 Å². The first-order valence-electron chi connectivity index (χ1n) is 11.0. The fourth-order valence-electron chi connectivity index (χ4n) is 4.25. The van der Waals surface area contributed by atoms with Crippen LogP contribution >= 0.6 is 0 Å². The number of rotatable bonds is 6. The van der Waals surface area contributed by atoms with E-state index in [-0.39, 0.29) is 29.2 Å². The molecule has 2 aliphatic heterocycles. The number of amides is 2. The number of carbonyl (C=O) groups excluding carboxylic acids is 2. The number of benzene rings is 2. The quantitative estimate of drug-likeness (QED) is 0.612. The molecule has 2 atom stereocenters. The molecule has 2 heterocycles. The first kappa shape index (κ1) is 22.9. The van der Waals surface area contributed by atoms with Crippen molar-refractivity contribution >= 4 is 23.1 Å². The lowest BCUT2D eigenvalue weighted by molar-refractivity contribution is -0.121. The summed E-state index contributed by atoms with van der Waals surface area (Å²) in [6.45, 7) is 7.15. The van der Waals surface area contributed by atoms with Gasteiger partial charge in [0, 0.05) is 19.2 Å². The number of anilines is 1. The van der Waals surface area contributed by atoms with Gasteiger partial charge in [-0.25, -0.2) is 13.7 Å². The summed E-state index contributed by atoms with van der Waals surface area (Å²) in [7, 11) is 0. The molecule has 33 heavy (non-hydrogen) atoms. The van der Waals surface area contributed by atoms with Crippen molar-refractivity contribution in [1.82, 2.24) is 4.90 Å². The number of ether oxygens (including phenoxy) is 2. The van der Waals surface area contributed by atoms with Crippen molar-refractivity contribution in [2.75, 3.05) is 24.6 Å². The number of nitrogens with zero attached hydrogens (tertiary/aromatic N) is 2. The van der Waals surface area contributed by atoms with Crippen LogP contribution in [-0.2, 0) is 14.3 Å². The van der Waals surface area contributed by atoms with E-state index in [9.17, 15) is 18.4 Å². The molecule has 2 aromatic carbocycles. The molecule has 2 aliphatic rings. The van der Waals surface area contributed by atoms with E-state index in [2.05, 4.69) is 0 Å². The third-order valence-electron chi connectivity index (χ3n) is 5.56. The summed E-state index contributed by atoms with van der Waals surface area (Å²) in [5, 5.41) is 0. The number of hydrogen-bond acceptors (Lipinski definition) is 5. The second-order valence-corrected chi connectivity index (χ2v) is 8.30. The van der Waals surface area contributed by atoms with Crippen molar-refractivity contribution in [3.05, 3.63) is 65.4 Å². The minimum Gasteiger partial charge on any atom is -0.494 e. The topological polar surface area (TPSA) is 59.1 Å². The van der Waals surface area contributed by atoms with Gasteiger partial charge in [-0.15, -0.1) is 0 Å². The molecule has 0 bridgehead atoms. The smallest absolute Gasteiger partial charge is 0.282 e. The normalized spacial score (nSPS) is 21.2. The van der Waals surface area contributed by atoms with Crippen molar-refractivity contribution in [1.29, 1.82) is 0 Å². The van der Waals surface area contributed by atoms with E-state index in [1.54, 1.807) is 24.3 Å². The monoisotopic (exact) mass is 456 g/mol. The van der Waals surface area contributed by atoms with Crippen LogP contribution in [0.1, 0.15) is 32.8 Å². The standard InChI is InChI=1S/C25H26F2N2O4/c1-4-11-32-19-8-5-17(6-9-19)22-23(28-13-15(2)33-16(3)14-28)25(31)29(24(22)30)21-10-7-18(26)12-20(21)27/h5-10,12,15-16H,4,11,13-14H2,1-3H3. The Balaban J connectivity index is 1.79. The van der Waals surface area contributed by atoms with Crippen molar-refractivity contribution in [2.45, 2.75) is 39.4 Å². The number of carbonyl (C=O) groups is 2. The van der Waals surface area contributed by atoms with Crippen LogP contribution in [0, 0.1) is 11.6 Å². The molecule has 1 saturated heterocycles. The van der Waals surface area contributed by atoms with Gasteiger partial charge in [0.15, 0.2) is 0 Å². The fourth-order valence-corrected chi connectivity index (χ4v) is 4.25. The fraction of sp³-hybridized carbons (Fsp3) is 0.360. The van der Waals surface area contributed by atoms with Crippen molar-refractivity contribution in [2.24, 2.45) is 0 Å². The van der Waals surface area contributed by atoms with E-state index in [0.717, 1.165) is 23.5 Å². The van der Waals surface area contributed by atoms with E-state index in [1.165, 1.54) is 0 Å². The van der Waals surface area contributed by atoms with E-state index in [4.69, 9.17) is 9.47 Å². The Morgan fingerprint density at radius 1 is 1.00 bits per heavy atom. The Morgan fingerprint density at radius 3 is 2.27 bits per heavy atom. The zero-order valence-corrected chi connectivity index (χ0v) is 18.8. The lowest BCUT2D eigenvalue weighted by Gasteiger charge is -2.37. The lowest BCUT2D eigenvalue weighted by Crippen LogP contribution is -2.47. The largest absolute Gasteiger partial charge is 0.494 e. The summed E-state index contributed by atoms with van der Waals surface area (Å²) < 4.78 is 39.5. The summed E-state index contributed by atoms with van der Waals surface area (Å²) in [5.41, 5.74) is 0.597. The van der Waals surface area contributed by atoms with Crippen molar-refractivity contribution in [3.8, 4) is 5.75 Å². The molecule has 0 aromatic heterocycles. The third-order valence-corrected chi connectivity index (χ3v) is 5.56. The van der Waals surface area contributed by atoms with Gasteiger partial charge < -0.3 is 14.4 Å². The number of imide groups is 1. The highest BCUT2D eigenvalue weighted by Gasteiger charge is 2.44. The molecule has 0 radical (unpaired) electrons. The molecule has 0 spiro atoms. The van der Waals surface area contributed by atoms with Crippen LogP contribution in [0.4, 0.5) is 14.5 Å². The van der Waals surface area contributed by atoms with Crippen LogP contribution < -0.4 is 9.64 Å². The highest BCUT2D eigenvalue weighted by atomic mass is 19.1. The number of morpholine rings is 1.